The Bertz CT molecular complexity index is 857. The molecule has 0 aliphatic heterocycles. The Morgan fingerprint density at radius 2 is 0.927 bits per heavy atom. The molecule has 0 aromatic carbocycles. The zero-order valence-corrected chi connectivity index (χ0v) is 26.3. The van der Waals surface area contributed by atoms with Gasteiger partial charge in [-0.25, -0.2) is 0 Å². The molecule has 5 saturated carbocycles. The first-order chi connectivity index (χ1) is 19.5. The minimum absolute atomic E-state index is 0.0234. The highest BCUT2D eigenvalue weighted by Gasteiger charge is 2.49. The summed E-state index contributed by atoms with van der Waals surface area (Å²) >= 11 is 0. The molecule has 0 radical (unpaired) electrons. The fourth-order valence-electron chi connectivity index (χ4n) is 10.0. The Hall–Kier alpha value is -0.300. The predicted octanol–water partition coefficient (Wildman–Crippen LogP) is 6.53. The molecule has 5 aliphatic carbocycles. The molecule has 0 aromatic rings. The van der Waals surface area contributed by atoms with E-state index in [2.05, 4.69) is 6.92 Å². The first kappa shape index (κ1) is 32.1. The number of carbonyl (C=O) groups excluding carboxylic acids is 1. The van der Waals surface area contributed by atoms with Crippen molar-refractivity contribution in [2.75, 3.05) is 0 Å². The first-order valence-electron chi connectivity index (χ1n) is 17.1. The van der Waals surface area contributed by atoms with Crippen LogP contribution in [0.5, 0.6) is 0 Å². The highest BCUT2D eigenvalue weighted by molar-refractivity contribution is 7.52. The van der Waals surface area contributed by atoms with Gasteiger partial charge in [-0.3, -0.25) is 9.36 Å². The second-order valence-corrected chi connectivity index (χ2v) is 16.9. The molecule has 236 valence electrons. The summed E-state index contributed by atoms with van der Waals surface area (Å²) in [5.74, 6) is 2.44. The lowest BCUT2D eigenvalue weighted by atomic mass is 9.52. The highest BCUT2D eigenvalue weighted by atomic mass is 31.2. The van der Waals surface area contributed by atoms with E-state index in [0.29, 0.717) is 55.3 Å². The molecule has 0 heterocycles. The van der Waals surface area contributed by atoms with Gasteiger partial charge in [0, 0.05) is 11.8 Å². The van der Waals surface area contributed by atoms with E-state index < -0.39 is 13.3 Å². The Morgan fingerprint density at radius 3 is 1.32 bits per heavy atom. The Kier molecular flexibility index (Phi) is 10.8. The monoisotopic (exact) mass is 596 g/mol. The summed E-state index contributed by atoms with van der Waals surface area (Å²) in [5.41, 5.74) is -0.275. The summed E-state index contributed by atoms with van der Waals surface area (Å²) in [4.78, 5) is 32.1. The number of Topliss-reactive ketones (excluding diaryl/α,β-unsaturated/α-hetero) is 1. The number of aliphatic hydroxyl groups excluding tert-OH is 2. The summed E-state index contributed by atoms with van der Waals surface area (Å²) in [7, 11) is -4.04. The van der Waals surface area contributed by atoms with E-state index in [4.69, 9.17) is 4.74 Å². The maximum absolute atomic E-state index is 13.2. The van der Waals surface area contributed by atoms with Crippen LogP contribution in [0.4, 0.5) is 0 Å². The van der Waals surface area contributed by atoms with Gasteiger partial charge in [-0.1, -0.05) is 6.92 Å². The van der Waals surface area contributed by atoms with Crippen LogP contribution in [0.15, 0.2) is 0 Å². The molecule has 7 nitrogen and oxygen atoms in total. The lowest BCUT2D eigenvalue weighted by Gasteiger charge is -2.54. The van der Waals surface area contributed by atoms with Crippen molar-refractivity contribution in [3.8, 4) is 0 Å². The molecule has 0 spiro atoms. The van der Waals surface area contributed by atoms with Crippen LogP contribution in [-0.4, -0.2) is 55.9 Å². The van der Waals surface area contributed by atoms with Gasteiger partial charge in [0.15, 0.2) is 0 Å². The summed E-state index contributed by atoms with van der Waals surface area (Å²) < 4.78 is 18.2. The molecular weight excluding hydrogens is 539 g/mol. The molecule has 0 bridgehead atoms. The zero-order chi connectivity index (χ0) is 29.2. The van der Waals surface area contributed by atoms with Crippen molar-refractivity contribution >= 4 is 13.4 Å². The van der Waals surface area contributed by atoms with E-state index in [1.165, 1.54) is 12.8 Å². The van der Waals surface area contributed by atoms with Crippen molar-refractivity contribution in [3.05, 3.63) is 0 Å². The van der Waals surface area contributed by atoms with Gasteiger partial charge in [0.25, 0.3) is 0 Å². The zero-order valence-electron chi connectivity index (χ0n) is 25.4. The number of rotatable bonds is 8. The molecule has 0 unspecified atom stereocenters. The van der Waals surface area contributed by atoms with Gasteiger partial charge in [-0.15, -0.1) is 0 Å². The molecule has 0 atom stereocenters. The molecule has 0 saturated heterocycles. The van der Waals surface area contributed by atoms with Crippen molar-refractivity contribution in [2.24, 2.45) is 35.0 Å². The maximum atomic E-state index is 13.2. The topological polar surface area (TPSA) is 124 Å². The molecule has 5 fully saturated rings. The number of carbonyl (C=O) groups is 1. The summed E-state index contributed by atoms with van der Waals surface area (Å²) in [6.45, 7) is 2.57. The average molecular weight is 597 g/mol. The maximum Gasteiger partial charge on any atom is 0.328 e. The van der Waals surface area contributed by atoms with E-state index in [1.807, 2.05) is 0 Å². The van der Waals surface area contributed by atoms with Crippen LogP contribution in [0, 0.1) is 35.0 Å². The van der Waals surface area contributed by atoms with Crippen LogP contribution in [0.25, 0.3) is 0 Å². The number of aliphatic hydroxyl groups is 2. The van der Waals surface area contributed by atoms with Gasteiger partial charge in [0.1, 0.15) is 5.78 Å². The van der Waals surface area contributed by atoms with Crippen LogP contribution in [0.2, 0.25) is 0 Å². The average Bonchev–Trinajstić information content (AvgIpc) is 2.97. The Morgan fingerprint density at radius 1 is 0.585 bits per heavy atom. The SMILES string of the molecule is CC(C1CCC(O)CC1)(C1CCC(O)CC1)C1CCC(OC2CCC(C(=O)C3CCC(P(=O)(O)O)CC3)CC2)CC1. The molecular formula is C33H57O7P. The predicted molar refractivity (Wildman–Crippen MR) is 159 cm³/mol. The molecule has 0 aromatic heterocycles. The van der Waals surface area contributed by atoms with Crippen LogP contribution in [0.3, 0.4) is 0 Å². The molecule has 4 N–H and O–H groups in total. The standard InChI is InChI=1S/C33H57O7P/c1-33(24-6-12-27(34)13-7-24,25-8-14-28(35)15-9-25)26-10-18-30(19-11-26)40-29-16-2-22(3-17-29)32(36)23-4-20-31(21-5-23)41(37,38)39/h22-31,34-35H,2-21H2,1H3,(H2,37,38,39). The third kappa shape index (κ3) is 7.68. The van der Waals surface area contributed by atoms with E-state index in [9.17, 15) is 29.4 Å². The van der Waals surface area contributed by atoms with E-state index in [1.54, 1.807) is 0 Å². The molecule has 8 heteroatoms. The van der Waals surface area contributed by atoms with Crippen LogP contribution >= 0.6 is 7.60 Å². The first-order valence-corrected chi connectivity index (χ1v) is 18.8. The van der Waals surface area contributed by atoms with Crippen molar-refractivity contribution in [1.82, 2.24) is 0 Å². The molecule has 5 rings (SSSR count). The summed E-state index contributed by atoms with van der Waals surface area (Å²) in [6, 6.07) is 0. The largest absolute Gasteiger partial charge is 0.393 e. The number of hydrogen-bond donors (Lipinski definition) is 4. The molecule has 5 aliphatic rings. The van der Waals surface area contributed by atoms with Crippen molar-refractivity contribution in [1.29, 1.82) is 0 Å². The second-order valence-electron chi connectivity index (χ2n) is 15.0. The lowest BCUT2D eigenvalue weighted by Crippen LogP contribution is -2.47. The highest BCUT2D eigenvalue weighted by Crippen LogP contribution is 2.56. The van der Waals surface area contributed by atoms with Gasteiger partial charge in [-0.05, 0) is 152 Å². The molecule has 41 heavy (non-hydrogen) atoms. The third-order valence-corrected chi connectivity index (χ3v) is 14.2. The van der Waals surface area contributed by atoms with Gasteiger partial charge in [0.05, 0.1) is 30.1 Å². The number of ether oxygens (including phenoxy) is 1. The van der Waals surface area contributed by atoms with Crippen molar-refractivity contribution in [3.63, 3.8) is 0 Å². The van der Waals surface area contributed by atoms with E-state index in [0.717, 1.165) is 89.9 Å². The third-order valence-electron chi connectivity index (χ3n) is 12.7. The Labute approximate surface area is 247 Å². The fourth-order valence-corrected chi connectivity index (χ4v) is 11.0. The van der Waals surface area contributed by atoms with E-state index in [-0.39, 0.29) is 35.6 Å². The summed E-state index contributed by atoms with van der Waals surface area (Å²) in [6.07, 6.45) is 19.1. The molecule has 0 amide bonds. The van der Waals surface area contributed by atoms with Gasteiger partial charge in [-0.2, -0.15) is 0 Å². The minimum Gasteiger partial charge on any atom is -0.393 e. The number of ketones is 1. The smallest absolute Gasteiger partial charge is 0.328 e. The van der Waals surface area contributed by atoms with Crippen LogP contribution < -0.4 is 0 Å². The lowest BCUT2D eigenvalue weighted by molar-refractivity contribution is -0.131. The normalized spacial score (nSPS) is 42.8. The quantitative estimate of drug-likeness (QED) is 0.235. The minimum atomic E-state index is -4.04. The summed E-state index contributed by atoms with van der Waals surface area (Å²) in [5, 5.41) is 20.4. The van der Waals surface area contributed by atoms with Crippen LogP contribution in [-0.2, 0) is 14.1 Å². The van der Waals surface area contributed by atoms with Gasteiger partial charge < -0.3 is 24.7 Å². The van der Waals surface area contributed by atoms with Crippen molar-refractivity contribution in [2.45, 2.75) is 165 Å². The van der Waals surface area contributed by atoms with Crippen molar-refractivity contribution < 1.29 is 34.1 Å². The van der Waals surface area contributed by atoms with Gasteiger partial charge in [0.2, 0.25) is 0 Å². The van der Waals surface area contributed by atoms with E-state index >= 15 is 0 Å². The fraction of sp³-hybridized carbons (Fsp3) is 0.970. The number of hydrogen-bond acceptors (Lipinski definition) is 5. The second kappa shape index (κ2) is 13.8. The van der Waals surface area contributed by atoms with Gasteiger partial charge >= 0.3 is 7.60 Å². The van der Waals surface area contributed by atoms with Crippen LogP contribution in [0.1, 0.15) is 135 Å². The Balaban J connectivity index is 1.08.